The van der Waals surface area contributed by atoms with Gasteiger partial charge in [-0.15, -0.1) is 11.3 Å². The number of thiazole rings is 1. The van der Waals surface area contributed by atoms with Crippen molar-refractivity contribution < 1.29 is 4.79 Å². The number of aromatic nitrogens is 1. The monoisotopic (exact) mass is 343 g/mol. The standard InChI is InChI=1S/C19H25N3OS/c1-2-3-9-19(23)22-12-10-21(11-13-22)14-18-20-17(15-24-18)16-7-5-4-6-8-16/h4-8,15H,2-3,9-14H2,1H3. The van der Waals surface area contributed by atoms with Gasteiger partial charge in [-0.3, -0.25) is 9.69 Å². The highest BCUT2D eigenvalue weighted by Gasteiger charge is 2.21. The zero-order chi connectivity index (χ0) is 16.8. The molecule has 128 valence electrons. The molecule has 0 spiro atoms. The highest BCUT2D eigenvalue weighted by molar-refractivity contribution is 7.09. The van der Waals surface area contributed by atoms with E-state index in [1.165, 1.54) is 5.56 Å². The van der Waals surface area contributed by atoms with Gasteiger partial charge < -0.3 is 4.90 Å². The summed E-state index contributed by atoms with van der Waals surface area (Å²) in [5.74, 6) is 0.317. The molecular formula is C19H25N3OS. The van der Waals surface area contributed by atoms with E-state index >= 15 is 0 Å². The Morgan fingerprint density at radius 2 is 1.92 bits per heavy atom. The predicted octanol–water partition coefficient (Wildman–Crippen LogP) is 3.64. The number of rotatable bonds is 6. The van der Waals surface area contributed by atoms with Crippen LogP contribution in [0, 0.1) is 0 Å². The first kappa shape index (κ1) is 17.1. The SMILES string of the molecule is CCCCC(=O)N1CCN(Cc2nc(-c3ccccc3)cs2)CC1. The Kier molecular flexibility index (Phi) is 5.99. The molecule has 0 N–H and O–H groups in total. The summed E-state index contributed by atoms with van der Waals surface area (Å²) in [4.78, 5) is 21.3. The van der Waals surface area contributed by atoms with Crippen molar-refractivity contribution in [2.24, 2.45) is 0 Å². The molecule has 0 aliphatic carbocycles. The number of carbonyl (C=O) groups is 1. The van der Waals surface area contributed by atoms with Crippen molar-refractivity contribution >= 4 is 17.2 Å². The fourth-order valence-electron chi connectivity index (χ4n) is 2.96. The second-order valence-corrected chi connectivity index (χ2v) is 7.20. The highest BCUT2D eigenvalue weighted by atomic mass is 32.1. The molecular weight excluding hydrogens is 318 g/mol. The molecule has 1 aliphatic heterocycles. The number of amides is 1. The van der Waals surface area contributed by atoms with Gasteiger partial charge in [-0.2, -0.15) is 0 Å². The summed E-state index contributed by atoms with van der Waals surface area (Å²) < 4.78 is 0. The minimum absolute atomic E-state index is 0.317. The summed E-state index contributed by atoms with van der Waals surface area (Å²) in [6.45, 7) is 6.59. The van der Waals surface area contributed by atoms with Crippen LogP contribution in [-0.4, -0.2) is 46.9 Å². The molecule has 0 atom stereocenters. The van der Waals surface area contributed by atoms with Gasteiger partial charge in [-0.25, -0.2) is 4.98 Å². The van der Waals surface area contributed by atoms with Crippen LogP contribution < -0.4 is 0 Å². The maximum Gasteiger partial charge on any atom is 0.222 e. The van der Waals surface area contributed by atoms with E-state index in [4.69, 9.17) is 4.98 Å². The Bertz CT molecular complexity index is 648. The van der Waals surface area contributed by atoms with Crippen LogP contribution in [0.3, 0.4) is 0 Å². The average molecular weight is 343 g/mol. The molecule has 0 bridgehead atoms. The number of hydrogen-bond donors (Lipinski definition) is 0. The van der Waals surface area contributed by atoms with E-state index < -0.39 is 0 Å². The average Bonchev–Trinajstić information content (AvgIpc) is 3.09. The summed E-state index contributed by atoms with van der Waals surface area (Å²) >= 11 is 1.72. The van der Waals surface area contributed by atoms with Gasteiger partial charge in [0.2, 0.25) is 5.91 Å². The van der Waals surface area contributed by atoms with Gasteiger partial charge in [0.05, 0.1) is 12.2 Å². The topological polar surface area (TPSA) is 36.4 Å². The number of hydrogen-bond acceptors (Lipinski definition) is 4. The van der Waals surface area contributed by atoms with E-state index in [1.807, 2.05) is 23.1 Å². The van der Waals surface area contributed by atoms with Crippen LogP contribution in [0.15, 0.2) is 35.7 Å². The van der Waals surface area contributed by atoms with E-state index in [2.05, 4.69) is 29.3 Å². The van der Waals surface area contributed by atoms with E-state index in [-0.39, 0.29) is 0 Å². The first-order chi connectivity index (χ1) is 11.8. The smallest absolute Gasteiger partial charge is 0.222 e. The molecule has 4 nitrogen and oxygen atoms in total. The molecule has 1 fully saturated rings. The fraction of sp³-hybridized carbons (Fsp3) is 0.474. The lowest BCUT2D eigenvalue weighted by Crippen LogP contribution is -2.48. The lowest BCUT2D eigenvalue weighted by atomic mass is 10.2. The van der Waals surface area contributed by atoms with Crippen LogP contribution in [0.2, 0.25) is 0 Å². The molecule has 1 aromatic heterocycles. The summed E-state index contributed by atoms with van der Waals surface area (Å²) in [5.41, 5.74) is 2.23. The predicted molar refractivity (Wildman–Crippen MR) is 98.9 cm³/mol. The molecule has 0 unspecified atom stereocenters. The van der Waals surface area contributed by atoms with Crippen LogP contribution in [-0.2, 0) is 11.3 Å². The molecule has 1 amide bonds. The second kappa shape index (κ2) is 8.40. The van der Waals surface area contributed by atoms with E-state index in [9.17, 15) is 4.79 Å². The number of unbranched alkanes of at least 4 members (excludes halogenated alkanes) is 1. The maximum atomic E-state index is 12.1. The molecule has 2 aromatic rings. The van der Waals surface area contributed by atoms with Gasteiger partial charge in [-0.1, -0.05) is 43.7 Å². The molecule has 24 heavy (non-hydrogen) atoms. The molecule has 0 radical (unpaired) electrons. The maximum absolute atomic E-state index is 12.1. The van der Waals surface area contributed by atoms with Crippen molar-refractivity contribution in [3.8, 4) is 11.3 Å². The second-order valence-electron chi connectivity index (χ2n) is 6.25. The van der Waals surface area contributed by atoms with Crippen molar-refractivity contribution in [2.45, 2.75) is 32.7 Å². The molecule has 1 saturated heterocycles. The van der Waals surface area contributed by atoms with Crippen molar-refractivity contribution in [3.05, 3.63) is 40.7 Å². The Balaban J connectivity index is 1.50. The number of piperazine rings is 1. The normalized spacial score (nSPS) is 15.6. The summed E-state index contributed by atoms with van der Waals surface area (Å²) in [5, 5.41) is 3.29. The molecule has 5 heteroatoms. The number of benzene rings is 1. The third kappa shape index (κ3) is 4.42. The third-order valence-corrected chi connectivity index (χ3v) is 5.28. The molecule has 3 rings (SSSR count). The fourth-order valence-corrected chi connectivity index (χ4v) is 3.80. The van der Waals surface area contributed by atoms with E-state index in [1.54, 1.807) is 11.3 Å². The van der Waals surface area contributed by atoms with E-state index in [0.717, 1.165) is 56.3 Å². The Morgan fingerprint density at radius 3 is 2.62 bits per heavy atom. The van der Waals surface area contributed by atoms with E-state index in [0.29, 0.717) is 12.3 Å². The zero-order valence-corrected chi connectivity index (χ0v) is 15.1. The molecule has 0 saturated carbocycles. The molecule has 1 aromatic carbocycles. The summed E-state index contributed by atoms with van der Waals surface area (Å²) in [6, 6.07) is 10.3. The lowest BCUT2D eigenvalue weighted by Gasteiger charge is -2.34. The molecule has 2 heterocycles. The van der Waals surface area contributed by atoms with Gasteiger partial charge in [-0.05, 0) is 6.42 Å². The van der Waals surface area contributed by atoms with Crippen molar-refractivity contribution in [3.63, 3.8) is 0 Å². The van der Waals surface area contributed by atoms with Gasteiger partial charge in [0, 0.05) is 43.5 Å². The van der Waals surface area contributed by atoms with Gasteiger partial charge in [0.15, 0.2) is 0 Å². The largest absolute Gasteiger partial charge is 0.340 e. The minimum Gasteiger partial charge on any atom is -0.340 e. The van der Waals surface area contributed by atoms with Crippen molar-refractivity contribution in [1.29, 1.82) is 0 Å². The van der Waals surface area contributed by atoms with Crippen LogP contribution >= 0.6 is 11.3 Å². The van der Waals surface area contributed by atoms with Crippen molar-refractivity contribution in [1.82, 2.24) is 14.8 Å². The van der Waals surface area contributed by atoms with Gasteiger partial charge in [0.25, 0.3) is 0 Å². The number of carbonyl (C=O) groups excluding carboxylic acids is 1. The quantitative estimate of drug-likeness (QED) is 0.803. The number of nitrogens with zero attached hydrogens (tertiary/aromatic N) is 3. The van der Waals surface area contributed by atoms with Gasteiger partial charge >= 0.3 is 0 Å². The van der Waals surface area contributed by atoms with Crippen LogP contribution in [0.4, 0.5) is 0 Å². The van der Waals surface area contributed by atoms with Crippen LogP contribution in [0.1, 0.15) is 31.2 Å². The Hall–Kier alpha value is -1.72. The summed E-state index contributed by atoms with van der Waals surface area (Å²) in [7, 11) is 0. The zero-order valence-electron chi connectivity index (χ0n) is 14.3. The Labute approximate surface area is 148 Å². The Morgan fingerprint density at radius 1 is 1.17 bits per heavy atom. The third-order valence-electron chi connectivity index (χ3n) is 4.45. The first-order valence-corrected chi connectivity index (χ1v) is 9.64. The first-order valence-electron chi connectivity index (χ1n) is 8.76. The summed E-state index contributed by atoms with van der Waals surface area (Å²) in [6.07, 6.45) is 2.78. The lowest BCUT2D eigenvalue weighted by molar-refractivity contribution is -0.133. The van der Waals surface area contributed by atoms with Gasteiger partial charge in [0.1, 0.15) is 5.01 Å². The van der Waals surface area contributed by atoms with Crippen molar-refractivity contribution in [2.75, 3.05) is 26.2 Å². The van der Waals surface area contributed by atoms with Crippen LogP contribution in [0.5, 0.6) is 0 Å². The minimum atomic E-state index is 0.317. The highest BCUT2D eigenvalue weighted by Crippen LogP contribution is 2.22. The van der Waals surface area contributed by atoms with Crippen LogP contribution in [0.25, 0.3) is 11.3 Å². The molecule has 1 aliphatic rings.